The van der Waals surface area contributed by atoms with Crippen molar-refractivity contribution in [2.75, 3.05) is 0 Å². The number of carboxylic acids is 3. The molecule has 0 aliphatic carbocycles. The first-order chi connectivity index (χ1) is 25.8. The minimum atomic E-state index is -4.50. The van der Waals surface area contributed by atoms with Crippen LogP contribution in [0.1, 0.15) is 36.8 Å². The number of alkyl halides is 3. The molecule has 13 nitrogen and oxygen atoms in total. The molecule has 0 saturated carbocycles. The molecular weight excluding hydrogens is 849 g/mol. The Morgan fingerprint density at radius 1 is 0.727 bits per heavy atom. The van der Waals surface area contributed by atoms with Crippen molar-refractivity contribution in [1.29, 1.82) is 0 Å². The van der Waals surface area contributed by atoms with Gasteiger partial charge in [0.15, 0.2) is 0 Å². The number of halogens is 3. The summed E-state index contributed by atoms with van der Waals surface area (Å²) in [7, 11) is 0. The Hall–Kier alpha value is -6.39. The van der Waals surface area contributed by atoms with Crippen molar-refractivity contribution in [1.82, 2.24) is 30.1 Å². The normalized spacial score (nSPS) is 10.5. The van der Waals surface area contributed by atoms with E-state index in [1.807, 2.05) is 30.3 Å². The number of carboxylic acid groups (broad SMARTS) is 3. The second-order valence-electron chi connectivity index (χ2n) is 10.7. The van der Waals surface area contributed by atoms with E-state index in [1.54, 1.807) is 23.6 Å². The van der Waals surface area contributed by atoms with Gasteiger partial charge in [-0.15, -0.1) is 11.3 Å². The number of rotatable bonds is 7. The third-order valence-electron chi connectivity index (χ3n) is 7.18. The molecule has 0 bridgehead atoms. The smallest absolute Gasteiger partial charge is 0.753 e. The number of thiophene rings is 1. The summed E-state index contributed by atoms with van der Waals surface area (Å²) in [6.45, 7) is 0. The molecule has 1 aromatic carbocycles. The van der Waals surface area contributed by atoms with Crippen molar-refractivity contribution in [2.45, 2.75) is 6.18 Å². The Labute approximate surface area is 329 Å². The van der Waals surface area contributed by atoms with E-state index < -0.39 is 29.8 Å². The number of benzene rings is 1. The number of isothiocyanates is 1. The molecule has 7 rings (SSSR count). The number of pyridine rings is 4. The Morgan fingerprint density at radius 3 is 1.75 bits per heavy atom. The molecule has 0 unspecified atom stereocenters. The molecule has 0 amide bonds. The number of thiocarbonyl (C=S) groups is 1. The van der Waals surface area contributed by atoms with Gasteiger partial charge in [0.1, 0.15) is 5.69 Å². The van der Waals surface area contributed by atoms with Crippen molar-refractivity contribution in [3.05, 3.63) is 131 Å². The van der Waals surface area contributed by atoms with E-state index in [0.717, 1.165) is 21.9 Å². The zero-order valence-electron chi connectivity index (χ0n) is 27.3. The predicted molar refractivity (Wildman–Crippen MR) is 194 cm³/mol. The Balaban J connectivity index is 0.000000226. The number of hydrogen-bond donors (Lipinski definition) is 3. The van der Waals surface area contributed by atoms with Gasteiger partial charge in [-0.1, -0.05) is 36.1 Å². The number of nitrogens with zero attached hydrogens (tertiary/aromatic N) is 7. The van der Waals surface area contributed by atoms with Crippen molar-refractivity contribution in [3.8, 4) is 44.6 Å². The summed E-state index contributed by atoms with van der Waals surface area (Å²) in [5.41, 5.74) is 0.759. The number of hydrogen-bond acceptors (Lipinski definition) is 10. The third-order valence-corrected chi connectivity index (χ3v) is 8.34. The SMILES string of the molecule is FC(F)(F)c1cc(-c2ccc(-c3cc4ccccc4s3)cn2)[n-]n1.O=C(O)c1ccnc(-c2cc(C(=O)O)cc(-c3cc(C(=O)O)ccn3)n2)c1.[N-]=C=S.[Ru+2]. The molecule has 276 valence electrons. The monoisotopic (exact) mass is 869 g/mol. The second kappa shape index (κ2) is 18.1. The minimum Gasteiger partial charge on any atom is -0.753 e. The van der Waals surface area contributed by atoms with Crippen molar-refractivity contribution in [3.63, 3.8) is 0 Å². The first-order valence-corrected chi connectivity index (χ1v) is 16.2. The molecule has 0 radical (unpaired) electrons. The van der Waals surface area contributed by atoms with Gasteiger partial charge in [-0.25, -0.2) is 19.4 Å². The van der Waals surface area contributed by atoms with Gasteiger partial charge >= 0.3 is 43.6 Å². The average molecular weight is 869 g/mol. The maximum absolute atomic E-state index is 12.6. The van der Waals surface area contributed by atoms with E-state index in [-0.39, 0.29) is 64.6 Å². The maximum Gasteiger partial charge on any atom is 2.00 e. The summed E-state index contributed by atoms with van der Waals surface area (Å²) in [6, 6.07) is 22.1. The Bertz CT molecular complexity index is 2430. The van der Waals surface area contributed by atoms with Crippen LogP contribution >= 0.6 is 23.6 Å². The maximum atomic E-state index is 12.6. The van der Waals surface area contributed by atoms with Gasteiger partial charge in [0.2, 0.25) is 0 Å². The van der Waals surface area contributed by atoms with Crippen molar-refractivity contribution < 1.29 is 62.4 Å². The molecular formula is C36H20F3N7O6RuS2. The zero-order chi connectivity index (χ0) is 39.0. The zero-order valence-corrected chi connectivity index (χ0v) is 30.7. The van der Waals surface area contributed by atoms with Crippen molar-refractivity contribution in [2.24, 2.45) is 0 Å². The molecule has 6 heterocycles. The van der Waals surface area contributed by atoms with E-state index in [2.05, 4.69) is 48.4 Å². The molecule has 0 aliphatic rings. The van der Waals surface area contributed by atoms with Crippen LogP contribution in [0.3, 0.4) is 0 Å². The molecule has 0 saturated heterocycles. The molecule has 3 N–H and O–H groups in total. The van der Waals surface area contributed by atoms with Crippen LogP contribution in [0, 0.1) is 0 Å². The molecule has 19 heteroatoms. The quantitative estimate of drug-likeness (QED) is 0.0789. The second-order valence-corrected chi connectivity index (χ2v) is 12.0. The third kappa shape index (κ3) is 10.4. The van der Waals surface area contributed by atoms with Crippen LogP contribution in [0.4, 0.5) is 13.2 Å². The van der Waals surface area contributed by atoms with Crippen LogP contribution in [-0.2, 0) is 25.7 Å². The van der Waals surface area contributed by atoms with E-state index in [1.165, 1.54) is 58.7 Å². The summed E-state index contributed by atoms with van der Waals surface area (Å²) in [5, 5.41) is 43.9. The summed E-state index contributed by atoms with van der Waals surface area (Å²) in [5.74, 6) is -3.56. The summed E-state index contributed by atoms with van der Waals surface area (Å²) < 4.78 is 38.9. The largest absolute Gasteiger partial charge is 2.00 e. The van der Waals surface area contributed by atoms with Gasteiger partial charge in [0.05, 0.1) is 39.5 Å². The number of aromatic nitrogens is 6. The fourth-order valence-corrected chi connectivity index (χ4v) is 5.75. The molecule has 0 spiro atoms. The standard InChI is InChI=1S/C18H11N3O6.C17H9F3N3S.CNS.Ru/c22-16(23)9-1-3-19-12(5-9)14-7-11(18(26)27)8-15(21-14)13-6-10(17(24)25)2-4-20-13;18-17(19,20)16-8-13(22-23-16)12-6-5-11(9-21-12)15-7-10-3-1-2-4-14(10)24-15;2-1-3;/h1-8H,(H,22,23)(H,24,25)(H,26,27);1-9H;;/q;2*-1;+2. The molecule has 6 aromatic heterocycles. The van der Waals surface area contributed by atoms with Crippen LogP contribution in [0.15, 0.2) is 104 Å². The summed E-state index contributed by atoms with van der Waals surface area (Å²) in [6.07, 6.45) is -0.308. The van der Waals surface area contributed by atoms with Gasteiger partial charge in [0, 0.05) is 39.4 Å². The minimum absolute atomic E-state index is 0. The summed E-state index contributed by atoms with van der Waals surface area (Å²) >= 11 is 5.34. The molecule has 0 fully saturated rings. The predicted octanol–water partition coefficient (Wildman–Crippen LogP) is 7.96. The number of aromatic carboxylic acids is 3. The van der Waals surface area contributed by atoms with Crippen LogP contribution in [0.5, 0.6) is 0 Å². The van der Waals surface area contributed by atoms with E-state index in [9.17, 15) is 32.7 Å². The Kier molecular flexibility index (Phi) is 13.6. The fraction of sp³-hybridized carbons (Fsp3) is 0.0278. The average Bonchev–Trinajstić information content (AvgIpc) is 3.84. The van der Waals surface area contributed by atoms with Crippen LogP contribution in [0.25, 0.3) is 60.1 Å². The number of carbonyl (C=O) groups is 3. The van der Waals surface area contributed by atoms with Crippen LogP contribution in [-0.4, -0.2) is 63.4 Å². The van der Waals surface area contributed by atoms with Gasteiger partial charge in [-0.3, -0.25) is 15.0 Å². The Morgan fingerprint density at radius 2 is 1.27 bits per heavy atom. The summed E-state index contributed by atoms with van der Waals surface area (Å²) in [4.78, 5) is 51.4. The van der Waals surface area contributed by atoms with E-state index >= 15 is 0 Å². The van der Waals surface area contributed by atoms with Crippen LogP contribution < -0.4 is 5.10 Å². The van der Waals surface area contributed by atoms with Crippen molar-refractivity contribution >= 4 is 56.7 Å². The fourth-order valence-electron chi connectivity index (χ4n) is 4.70. The van der Waals surface area contributed by atoms with E-state index in [0.29, 0.717) is 5.69 Å². The molecule has 0 aliphatic heterocycles. The van der Waals surface area contributed by atoms with Gasteiger partial charge in [0.25, 0.3) is 0 Å². The molecule has 0 atom stereocenters. The van der Waals surface area contributed by atoms with Gasteiger partial charge in [-0.05, 0) is 72.1 Å². The van der Waals surface area contributed by atoms with Gasteiger partial charge < -0.3 is 30.9 Å². The van der Waals surface area contributed by atoms with Crippen LogP contribution in [0.2, 0.25) is 0 Å². The number of fused-ring (bicyclic) bond motifs is 1. The molecule has 55 heavy (non-hydrogen) atoms. The molecule has 7 aromatic rings. The first kappa shape index (κ1) is 41.4. The topological polar surface area (TPSA) is 213 Å². The van der Waals surface area contributed by atoms with E-state index in [4.69, 9.17) is 15.6 Å². The van der Waals surface area contributed by atoms with Gasteiger partial charge in [-0.2, -0.15) is 18.3 Å². The first-order valence-electron chi connectivity index (χ1n) is 15.0.